The molecule has 0 spiro atoms. The molecule has 284 valence electrons. The number of carboxylic acids is 1. The normalized spacial score (nSPS) is 15.8. The number of carboxylic acid groups (broad SMARTS) is 1. The van der Waals surface area contributed by atoms with Crippen LogP contribution in [0.25, 0.3) is 0 Å². The van der Waals surface area contributed by atoms with Gasteiger partial charge in [0.25, 0.3) is 0 Å². The number of hydrogen-bond acceptors (Lipinski definition) is 6. The summed E-state index contributed by atoms with van der Waals surface area (Å²) in [5.41, 5.74) is 2.15. The minimum Gasteiger partial charge on any atom is -0.488 e. The second kappa shape index (κ2) is 14.5. The number of rotatable bonds is 14. The van der Waals surface area contributed by atoms with Crippen LogP contribution in [0, 0.1) is 34.9 Å². The van der Waals surface area contributed by atoms with Gasteiger partial charge >= 0.3 is 5.97 Å². The van der Waals surface area contributed by atoms with E-state index < -0.39 is 85.5 Å². The van der Waals surface area contributed by atoms with Crippen LogP contribution < -0.4 is 9.64 Å². The molecule has 1 amide bonds. The third kappa shape index (κ3) is 7.77. The molecule has 0 aliphatic heterocycles. The topological polar surface area (TPSA) is 117 Å². The second-order valence-corrected chi connectivity index (χ2v) is 15.9. The molecule has 54 heavy (non-hydrogen) atoms. The van der Waals surface area contributed by atoms with Crippen LogP contribution in [0.2, 0.25) is 5.02 Å². The molecule has 1 heterocycles. The number of benzene rings is 3. The fraction of sp³-hybridized carbons (Fsp3) is 0.324. The Labute approximate surface area is 310 Å². The Kier molecular flexibility index (Phi) is 10.1. The van der Waals surface area contributed by atoms with Gasteiger partial charge in [-0.1, -0.05) is 29.8 Å². The van der Waals surface area contributed by atoms with Gasteiger partial charge in [-0.25, -0.2) is 39.6 Å². The van der Waals surface area contributed by atoms with Gasteiger partial charge in [-0.05, 0) is 91.3 Å². The van der Waals surface area contributed by atoms with Crippen molar-refractivity contribution in [3.05, 3.63) is 117 Å². The fourth-order valence-corrected chi connectivity index (χ4v) is 7.77. The Morgan fingerprint density at radius 1 is 0.815 bits per heavy atom. The Morgan fingerprint density at radius 3 is 1.94 bits per heavy atom. The number of hydrogen-bond donors (Lipinski definition) is 1. The molecule has 0 unspecified atom stereocenters. The van der Waals surface area contributed by atoms with E-state index in [4.69, 9.17) is 16.3 Å². The number of carbonyl (C=O) groups excluding carboxylic acids is 1. The first-order valence-corrected chi connectivity index (χ1v) is 18.7. The molecular formula is C37H30ClF6N3O6S. The predicted molar refractivity (Wildman–Crippen MR) is 182 cm³/mol. The quantitative estimate of drug-likeness (QED) is 0.0782. The Hall–Kier alpha value is -4.67. The molecule has 0 bridgehead atoms. The molecule has 3 fully saturated rings. The lowest BCUT2D eigenvalue weighted by Gasteiger charge is -2.29. The number of aromatic carboxylic acids is 1. The molecule has 1 N–H and O–H groups in total. The zero-order valence-electron chi connectivity index (χ0n) is 28.1. The highest BCUT2D eigenvalue weighted by atomic mass is 35.5. The first-order valence-electron chi connectivity index (χ1n) is 16.9. The average Bonchev–Trinajstić information content (AvgIpc) is 3.96. The summed E-state index contributed by atoms with van der Waals surface area (Å²) in [5.74, 6) is -15.7. The summed E-state index contributed by atoms with van der Waals surface area (Å²) in [7, 11) is -5.80. The van der Waals surface area contributed by atoms with Crippen molar-refractivity contribution < 1.29 is 54.2 Å². The SMILES string of the molecule is O=C(O)c1ccc(N(Cc2cc(C3CC3)cc(C3CC3)c2)C(=O)CN(Cc2ncc(F)cc2Cl)S(=O)(=O)c2c(F)c(F)c(F)c(F)c2F)c(OC2CC2)c1. The molecule has 0 radical (unpaired) electrons. The van der Waals surface area contributed by atoms with E-state index in [0.717, 1.165) is 47.8 Å². The number of aromatic nitrogens is 1. The van der Waals surface area contributed by atoms with Crippen molar-refractivity contribution in [2.24, 2.45) is 0 Å². The summed E-state index contributed by atoms with van der Waals surface area (Å²) < 4.78 is 121. The lowest BCUT2D eigenvalue weighted by molar-refractivity contribution is -0.119. The highest BCUT2D eigenvalue weighted by Gasteiger charge is 2.40. The first kappa shape index (κ1) is 37.6. The summed E-state index contributed by atoms with van der Waals surface area (Å²) in [6.45, 7) is -2.59. The molecular weight excluding hydrogens is 764 g/mol. The van der Waals surface area contributed by atoms with Gasteiger partial charge in [0.05, 0.1) is 53.9 Å². The maximum Gasteiger partial charge on any atom is 0.335 e. The van der Waals surface area contributed by atoms with E-state index in [-0.39, 0.29) is 34.0 Å². The molecule has 0 atom stereocenters. The largest absolute Gasteiger partial charge is 0.488 e. The van der Waals surface area contributed by atoms with Crippen LogP contribution >= 0.6 is 11.6 Å². The van der Waals surface area contributed by atoms with Gasteiger partial charge in [0.15, 0.2) is 28.2 Å². The van der Waals surface area contributed by atoms with Crippen molar-refractivity contribution in [2.75, 3.05) is 11.4 Å². The Morgan fingerprint density at radius 2 is 1.41 bits per heavy atom. The number of anilines is 1. The highest BCUT2D eigenvalue weighted by molar-refractivity contribution is 7.89. The molecule has 3 aliphatic rings. The number of nitrogens with zero attached hydrogens (tertiary/aromatic N) is 3. The van der Waals surface area contributed by atoms with Gasteiger partial charge in [-0.3, -0.25) is 9.78 Å². The molecule has 3 aromatic carbocycles. The average molecular weight is 794 g/mol. The van der Waals surface area contributed by atoms with Crippen molar-refractivity contribution in [1.82, 2.24) is 9.29 Å². The predicted octanol–water partition coefficient (Wildman–Crippen LogP) is 7.99. The molecule has 7 rings (SSSR count). The number of carbonyl (C=O) groups is 2. The Bertz CT molecular complexity index is 2240. The van der Waals surface area contributed by atoms with E-state index >= 15 is 8.78 Å². The van der Waals surface area contributed by atoms with Crippen LogP contribution in [-0.2, 0) is 27.9 Å². The van der Waals surface area contributed by atoms with Crippen LogP contribution in [0.3, 0.4) is 0 Å². The summed E-state index contributed by atoms with van der Waals surface area (Å²) >= 11 is 6.11. The molecule has 4 aromatic rings. The first-order chi connectivity index (χ1) is 25.6. The van der Waals surface area contributed by atoms with Crippen molar-refractivity contribution >= 4 is 39.2 Å². The van der Waals surface area contributed by atoms with Crippen LogP contribution in [0.15, 0.2) is 53.6 Å². The van der Waals surface area contributed by atoms with Gasteiger partial charge in [0, 0.05) is 0 Å². The lowest BCUT2D eigenvalue weighted by Crippen LogP contribution is -2.43. The number of pyridine rings is 1. The van der Waals surface area contributed by atoms with E-state index in [2.05, 4.69) is 11.1 Å². The van der Waals surface area contributed by atoms with E-state index in [0.29, 0.717) is 36.4 Å². The summed E-state index contributed by atoms with van der Waals surface area (Å²) in [5, 5.41) is 9.25. The van der Waals surface area contributed by atoms with E-state index in [1.165, 1.54) is 18.2 Å². The van der Waals surface area contributed by atoms with Gasteiger partial charge in [0.2, 0.25) is 21.7 Å². The minimum absolute atomic E-state index is 0.0215. The highest BCUT2D eigenvalue weighted by Crippen LogP contribution is 2.46. The number of ether oxygens (including phenoxy) is 1. The maximum atomic E-state index is 15.1. The number of halogens is 7. The lowest BCUT2D eigenvalue weighted by atomic mass is 9.99. The third-order valence-electron chi connectivity index (χ3n) is 9.38. The van der Waals surface area contributed by atoms with Crippen LogP contribution in [0.4, 0.5) is 32.0 Å². The van der Waals surface area contributed by atoms with Crippen molar-refractivity contribution in [3.63, 3.8) is 0 Å². The zero-order valence-corrected chi connectivity index (χ0v) is 29.7. The molecule has 1 aromatic heterocycles. The van der Waals surface area contributed by atoms with Gasteiger partial charge in [-0.2, -0.15) is 4.31 Å². The molecule has 9 nitrogen and oxygen atoms in total. The van der Waals surface area contributed by atoms with Crippen molar-refractivity contribution in [1.29, 1.82) is 0 Å². The van der Waals surface area contributed by atoms with E-state index in [1.54, 1.807) is 0 Å². The molecule has 17 heteroatoms. The molecule has 3 saturated carbocycles. The smallest absolute Gasteiger partial charge is 0.335 e. The standard InChI is InChI=1S/C37H30ClF6N3O6S/c38-26-13-24(39)14-45-27(26)16-46(54(51,52)36-34(43)32(41)31(40)33(42)35(36)44)17-30(48)47(28-8-5-21(37(49)50)12-29(28)53-25-6-7-25)15-18-9-22(19-1-2-19)11-23(10-18)20-3-4-20/h5,8-14,19-20,25H,1-4,6-7,15-17H2,(H,49,50). The van der Waals surface area contributed by atoms with Crippen molar-refractivity contribution in [3.8, 4) is 5.75 Å². The van der Waals surface area contributed by atoms with Crippen molar-refractivity contribution in [2.45, 2.75) is 74.4 Å². The fourth-order valence-electron chi connectivity index (χ4n) is 6.09. The van der Waals surface area contributed by atoms with E-state index in [1.807, 2.05) is 12.1 Å². The maximum absolute atomic E-state index is 15.1. The molecule has 0 saturated heterocycles. The minimum atomic E-state index is -5.80. The van der Waals surface area contributed by atoms with Gasteiger partial charge < -0.3 is 14.7 Å². The van der Waals surface area contributed by atoms with Crippen LogP contribution in [0.1, 0.15) is 83.1 Å². The molecule has 3 aliphatic carbocycles. The van der Waals surface area contributed by atoms with Crippen LogP contribution in [0.5, 0.6) is 5.75 Å². The summed E-state index contributed by atoms with van der Waals surface area (Å²) in [6, 6.07) is 10.4. The number of amides is 1. The van der Waals surface area contributed by atoms with Gasteiger partial charge in [-0.15, -0.1) is 0 Å². The monoisotopic (exact) mass is 793 g/mol. The van der Waals surface area contributed by atoms with Crippen LogP contribution in [-0.4, -0.2) is 47.3 Å². The summed E-state index contributed by atoms with van der Waals surface area (Å²) in [6.07, 6.45) is 5.49. The second-order valence-electron chi connectivity index (χ2n) is 13.6. The van der Waals surface area contributed by atoms with E-state index in [9.17, 15) is 40.7 Å². The Balaban J connectivity index is 1.35. The zero-order chi connectivity index (χ0) is 38.6. The third-order valence-corrected chi connectivity index (χ3v) is 11.5. The summed E-state index contributed by atoms with van der Waals surface area (Å²) in [4.78, 5) is 29.1. The number of sulfonamides is 1. The van der Waals surface area contributed by atoms with Gasteiger partial charge in [0.1, 0.15) is 11.6 Å².